The van der Waals surface area contributed by atoms with E-state index in [0.29, 0.717) is 37.6 Å². The topological polar surface area (TPSA) is 534 Å². The summed E-state index contributed by atoms with van der Waals surface area (Å²) >= 11 is 5.56. The summed E-state index contributed by atoms with van der Waals surface area (Å²) in [5.74, 6) is 5.76. The molecule has 5 heterocycles. The van der Waals surface area contributed by atoms with Crippen molar-refractivity contribution in [3.8, 4) is 0 Å². The number of fused-ring (bicyclic) bond motifs is 5. The lowest BCUT2D eigenvalue weighted by Gasteiger charge is -2.58. The van der Waals surface area contributed by atoms with Crippen LogP contribution in [0.25, 0.3) is 0 Å². The van der Waals surface area contributed by atoms with Gasteiger partial charge < -0.3 is 168 Å². The van der Waals surface area contributed by atoms with Gasteiger partial charge in [-0.1, -0.05) is 65.5 Å². The van der Waals surface area contributed by atoms with Gasteiger partial charge in [-0.25, -0.2) is 0 Å². The zero-order valence-corrected chi connectivity index (χ0v) is 76.7. The van der Waals surface area contributed by atoms with Crippen LogP contribution in [-0.4, -0.2) is 429 Å². The largest absolute Gasteiger partial charge is 0.394 e. The van der Waals surface area contributed by atoms with E-state index in [9.17, 15) is 102 Å². The van der Waals surface area contributed by atoms with Crippen molar-refractivity contribution >= 4 is 58.8 Å². The Morgan fingerprint density at radius 2 is 0.677 bits per heavy atom. The van der Waals surface area contributed by atoms with E-state index < -0.39 is 219 Å². The number of hydrogen-bond acceptors (Lipinski definition) is 39. The van der Waals surface area contributed by atoms with Crippen LogP contribution < -0.4 is 0 Å². The maximum absolute atomic E-state index is 11.0. The molecule has 5 aliphatic heterocycles. The van der Waals surface area contributed by atoms with E-state index in [-0.39, 0.29) is 125 Å². The van der Waals surface area contributed by atoms with Crippen LogP contribution in [0.2, 0.25) is 0 Å². The highest BCUT2D eigenvalue weighted by Gasteiger charge is 2.61. The van der Waals surface area contributed by atoms with Crippen molar-refractivity contribution in [3.05, 3.63) is 11.6 Å². The summed E-state index contributed by atoms with van der Waals surface area (Å²) < 4.78 is 90.1. The van der Waals surface area contributed by atoms with E-state index in [1.165, 1.54) is 51.4 Å². The number of aliphatic hydroxyl groups is 20. The lowest BCUT2D eigenvalue weighted by atomic mass is 9.47. The minimum absolute atomic E-state index is 0.0290. The average molecular weight is 1880 g/mol. The van der Waals surface area contributed by atoms with E-state index in [2.05, 4.69) is 40.7 Å². The van der Waals surface area contributed by atoms with Crippen LogP contribution >= 0.6 is 58.8 Å². The Labute approximate surface area is 751 Å². The van der Waals surface area contributed by atoms with E-state index in [1.807, 2.05) is 0 Å². The van der Waals surface area contributed by atoms with Crippen LogP contribution in [0.15, 0.2) is 11.6 Å². The standard InChI is InChI=1S/C85H150O34S5/c1-45(2)13-6-14-46(3)50-17-18-51-49-16-15-47-39-48(19-21-84(47,4)52(49)20-22-85(50,51)5)108-33-32-107-31-30-106-23-7-24-109-73-74(110-25-8-34-120-79-68(101)63(96)58(91)53(40-86)115-79)76(112-27-10-36-122-81-70(103)65(98)60(93)55(42-88)117-81)78(114-29-12-38-124-83-72(105)67(100)62(95)57(44-90)119-83)77(113-28-11-37-123-82-71(104)66(99)61(94)56(43-89)118-82)75(73)111-26-9-35-121-80-69(102)64(97)59(92)54(41-87)116-80/h15,45-46,48-83,86-105H,6-14,16-44H2,1-5H3/t46-,48-,49+,50-,51+,52+,53-,54-,55-,56-,57-,58+,59+,60+,61+,62+,63+,64+,65+,66+,67+,68-,69-,70-,71-,72-,73?,74?,75?,76?,77?,78?,79+,80+,81+,82+,83+,84+,85-/m1/s1. The summed E-state index contributed by atoms with van der Waals surface area (Å²) in [6.07, 6.45) is -18.4. The van der Waals surface area contributed by atoms with Gasteiger partial charge in [0, 0.05) is 46.2 Å². The quantitative estimate of drug-likeness (QED) is 0.0276. The van der Waals surface area contributed by atoms with Crippen LogP contribution in [-0.2, 0) is 66.3 Å². The molecular formula is C85H150O34S5. The van der Waals surface area contributed by atoms with Gasteiger partial charge in [-0.15, -0.1) is 58.8 Å². The summed E-state index contributed by atoms with van der Waals surface area (Å²) in [6, 6.07) is 0. The number of allylic oxidation sites excluding steroid dienone is 1. The molecule has 724 valence electrons. The van der Waals surface area contributed by atoms with Gasteiger partial charge in [-0.2, -0.15) is 0 Å². The van der Waals surface area contributed by atoms with Crippen molar-refractivity contribution in [2.45, 2.75) is 336 Å². The highest BCUT2D eigenvalue weighted by molar-refractivity contribution is 8.00. The molecule has 4 unspecified atom stereocenters. The number of thioether (sulfide) groups is 5. The van der Waals surface area contributed by atoms with Gasteiger partial charge >= 0.3 is 0 Å². The third-order valence-electron chi connectivity index (χ3n) is 27.5. The number of rotatable bonds is 52. The smallest absolute Gasteiger partial charge is 0.132 e. The summed E-state index contributed by atoms with van der Waals surface area (Å²) in [5.41, 5.74) is -3.13. The molecule has 20 N–H and O–H groups in total. The molecule has 37 atom stereocenters. The van der Waals surface area contributed by atoms with Gasteiger partial charge in [-0.05, 0) is 165 Å². The van der Waals surface area contributed by atoms with E-state index in [4.69, 9.17) is 66.3 Å². The molecule has 0 aromatic carbocycles. The van der Waals surface area contributed by atoms with Gasteiger partial charge in [0.15, 0.2) is 0 Å². The highest BCUT2D eigenvalue weighted by atomic mass is 32.2. The Morgan fingerprint density at radius 3 is 1.02 bits per heavy atom. The maximum Gasteiger partial charge on any atom is 0.132 e. The number of hydrogen-bond donors (Lipinski definition) is 20. The third-order valence-corrected chi connectivity index (χ3v) is 33.8. The molecule has 34 nitrogen and oxygen atoms in total. The molecule has 9 fully saturated rings. The Hall–Kier alpha value is 0.130. The van der Waals surface area contributed by atoms with Gasteiger partial charge in [0.25, 0.3) is 0 Å². The zero-order chi connectivity index (χ0) is 89.5. The Balaban J connectivity index is 0.853. The van der Waals surface area contributed by atoms with Gasteiger partial charge in [-0.3, -0.25) is 0 Å². The van der Waals surface area contributed by atoms with E-state index >= 15 is 0 Å². The Bertz CT molecular complexity index is 2910. The van der Waals surface area contributed by atoms with E-state index in [1.54, 1.807) is 5.57 Å². The molecule has 124 heavy (non-hydrogen) atoms. The van der Waals surface area contributed by atoms with Crippen molar-refractivity contribution in [1.29, 1.82) is 0 Å². The van der Waals surface area contributed by atoms with Crippen LogP contribution in [0.3, 0.4) is 0 Å². The normalized spacial score (nSPS) is 42.9. The van der Waals surface area contributed by atoms with Crippen molar-refractivity contribution in [1.82, 2.24) is 0 Å². The van der Waals surface area contributed by atoms with Crippen molar-refractivity contribution in [3.63, 3.8) is 0 Å². The molecule has 0 aromatic rings. The average Bonchev–Trinajstić information content (AvgIpc) is 1.46. The molecule has 5 saturated heterocycles. The lowest BCUT2D eigenvalue weighted by molar-refractivity contribution is -0.282. The molecule has 0 bridgehead atoms. The zero-order valence-electron chi connectivity index (χ0n) is 72.6. The van der Waals surface area contributed by atoms with Crippen LogP contribution in [0, 0.1) is 46.3 Å². The van der Waals surface area contributed by atoms with Gasteiger partial charge in [0.05, 0.1) is 65.6 Å². The molecule has 0 amide bonds. The lowest BCUT2D eigenvalue weighted by Crippen LogP contribution is -2.68. The summed E-state index contributed by atoms with van der Waals surface area (Å²) in [6.45, 7) is 10.6. The fourth-order valence-electron chi connectivity index (χ4n) is 20.4. The first kappa shape index (κ1) is 106. The molecule has 39 heteroatoms. The first-order valence-corrected chi connectivity index (χ1v) is 50.6. The predicted octanol–water partition coefficient (Wildman–Crippen LogP) is -0.223. The molecule has 10 rings (SSSR count). The third kappa shape index (κ3) is 27.3. The summed E-state index contributed by atoms with van der Waals surface area (Å²) in [7, 11) is 0. The molecule has 5 aliphatic carbocycles. The highest BCUT2D eigenvalue weighted by Crippen LogP contribution is 2.67. The predicted molar refractivity (Wildman–Crippen MR) is 462 cm³/mol. The minimum Gasteiger partial charge on any atom is -0.394 e. The van der Waals surface area contributed by atoms with Crippen LogP contribution in [0.1, 0.15) is 144 Å². The molecule has 10 aliphatic rings. The maximum atomic E-state index is 11.0. The van der Waals surface area contributed by atoms with Gasteiger partial charge in [0.1, 0.15) is 186 Å². The van der Waals surface area contributed by atoms with Crippen molar-refractivity contribution in [2.24, 2.45) is 46.3 Å². The second-order valence-corrected chi connectivity index (χ2v) is 42.3. The molecule has 0 aromatic heterocycles. The van der Waals surface area contributed by atoms with Crippen molar-refractivity contribution in [2.75, 3.05) is 134 Å². The Kier molecular flexibility index (Phi) is 44.9. The first-order chi connectivity index (χ1) is 59.6. The summed E-state index contributed by atoms with van der Waals surface area (Å²) in [4.78, 5) is 0. The number of aliphatic hydroxyl groups excluding tert-OH is 20. The monoisotopic (exact) mass is 1870 g/mol. The van der Waals surface area contributed by atoms with E-state index in [0.717, 1.165) is 108 Å². The van der Waals surface area contributed by atoms with Gasteiger partial charge in [0.2, 0.25) is 0 Å². The fourth-order valence-corrected chi connectivity index (χ4v) is 25.9. The molecule has 4 saturated carbocycles. The minimum atomic E-state index is -1.63. The second kappa shape index (κ2) is 52.4. The Morgan fingerprint density at radius 1 is 0.347 bits per heavy atom. The number of ether oxygens (including phenoxy) is 14. The summed E-state index contributed by atoms with van der Waals surface area (Å²) in [5, 5.41) is 212. The molecule has 0 radical (unpaired) electrons. The second-order valence-electron chi connectivity index (χ2n) is 36.2. The first-order valence-electron chi connectivity index (χ1n) is 45.3. The SMILES string of the molecule is CC(C)CCC[C@@H](C)[C@H]1CC[C@H]2[C@@H]3CC=C4C[C@H](OCCOCCOCCCOC5C(OCCCS[C@@H]6O[C@H](CO)[C@H](O)[C@H](O)[C@H]6O)C(OCCCS[C@@H]6O[C@H](CO)[C@H](O)[C@H](O)[C@H]6O)C(OCCCS[C@@H]6O[C@H](CO)[C@H](O)[C@H](O)[C@H]6O)C(OCCCS[C@@H]6O[C@H](CO)[C@H](O)[C@H](O)[C@H]6O)C5OCCCS[C@@H]5O[C@H](CO)[C@H](O)[C@H](O)[C@H]5O)CC[C@]4(C)[C@H]3CC[C@]12C. The fraction of sp³-hybridized carbons (Fsp3) is 0.976. The van der Waals surface area contributed by atoms with Crippen LogP contribution in [0.4, 0.5) is 0 Å². The molecule has 0 spiro atoms. The molecular weight excluding hydrogens is 1730 g/mol. The van der Waals surface area contributed by atoms with Crippen molar-refractivity contribution < 1.29 is 168 Å². The van der Waals surface area contributed by atoms with Crippen LogP contribution in [0.5, 0.6) is 0 Å².